The van der Waals surface area contributed by atoms with Crippen molar-refractivity contribution in [3.63, 3.8) is 0 Å². The molecular formula is C21H22O7. The van der Waals surface area contributed by atoms with Crippen molar-refractivity contribution in [2.24, 2.45) is 0 Å². The molecule has 2 aromatic carbocycles. The summed E-state index contributed by atoms with van der Waals surface area (Å²) in [7, 11) is 1.42. The van der Waals surface area contributed by atoms with E-state index in [1.807, 2.05) is 36.4 Å². The summed E-state index contributed by atoms with van der Waals surface area (Å²) in [6.45, 7) is 0.218. The van der Waals surface area contributed by atoms with Crippen molar-refractivity contribution in [1.29, 1.82) is 0 Å². The van der Waals surface area contributed by atoms with E-state index in [4.69, 9.17) is 23.7 Å². The number of fused-ring (bicyclic) bond motifs is 1. The van der Waals surface area contributed by atoms with Crippen LogP contribution in [0.15, 0.2) is 60.7 Å². The van der Waals surface area contributed by atoms with Gasteiger partial charge in [-0.15, -0.1) is 0 Å². The van der Waals surface area contributed by atoms with E-state index >= 15 is 0 Å². The van der Waals surface area contributed by atoms with Gasteiger partial charge < -0.3 is 28.8 Å². The average Bonchev–Trinajstić information content (AvgIpc) is 2.76. The lowest BCUT2D eigenvalue weighted by molar-refractivity contribution is -0.357. The fourth-order valence-electron chi connectivity index (χ4n) is 3.44. The number of methoxy groups -OCH3 is 1. The zero-order valence-corrected chi connectivity index (χ0v) is 15.3. The molecule has 0 aliphatic carbocycles. The third-order valence-corrected chi connectivity index (χ3v) is 4.86. The lowest BCUT2D eigenvalue weighted by Gasteiger charge is -2.47. The molecule has 2 saturated heterocycles. The van der Waals surface area contributed by atoms with Crippen LogP contribution in [0.5, 0.6) is 0 Å². The molecule has 0 spiro atoms. The van der Waals surface area contributed by atoms with E-state index in [2.05, 4.69) is 0 Å². The van der Waals surface area contributed by atoms with Crippen molar-refractivity contribution in [2.45, 2.75) is 37.0 Å². The molecule has 0 saturated carbocycles. The van der Waals surface area contributed by atoms with Crippen LogP contribution in [0.1, 0.15) is 22.2 Å². The Balaban J connectivity index is 1.56. The van der Waals surface area contributed by atoms with Crippen molar-refractivity contribution < 1.29 is 33.6 Å². The van der Waals surface area contributed by atoms with Crippen LogP contribution in [-0.4, -0.2) is 55.5 Å². The van der Waals surface area contributed by atoms with Gasteiger partial charge in [0.05, 0.1) is 12.2 Å². The van der Waals surface area contributed by atoms with Crippen molar-refractivity contribution in [3.8, 4) is 0 Å². The zero-order valence-electron chi connectivity index (χ0n) is 15.3. The minimum absolute atomic E-state index is 0.218. The summed E-state index contributed by atoms with van der Waals surface area (Å²) in [4.78, 5) is 12.6. The highest BCUT2D eigenvalue weighted by atomic mass is 16.8. The quantitative estimate of drug-likeness (QED) is 0.806. The van der Waals surface area contributed by atoms with Gasteiger partial charge in [-0.3, -0.25) is 0 Å². The number of benzene rings is 2. The predicted octanol–water partition coefficient (Wildman–Crippen LogP) is 2.06. The second kappa shape index (κ2) is 8.38. The molecule has 0 radical (unpaired) electrons. The van der Waals surface area contributed by atoms with Gasteiger partial charge in [0.1, 0.15) is 18.3 Å². The summed E-state index contributed by atoms with van der Waals surface area (Å²) in [6, 6.07) is 18.0. The Labute approximate surface area is 162 Å². The first kappa shape index (κ1) is 19.0. The van der Waals surface area contributed by atoms with Gasteiger partial charge in [0, 0.05) is 12.7 Å². The molecule has 2 aliphatic rings. The maximum absolute atomic E-state index is 12.6. The number of carbonyl (C=O) groups is 1. The van der Waals surface area contributed by atoms with E-state index in [1.54, 1.807) is 24.3 Å². The minimum Gasteiger partial charge on any atom is -0.453 e. The lowest BCUT2D eigenvalue weighted by Crippen LogP contribution is -2.63. The molecule has 0 amide bonds. The van der Waals surface area contributed by atoms with E-state index in [-0.39, 0.29) is 6.61 Å². The molecule has 4 rings (SSSR count). The van der Waals surface area contributed by atoms with E-state index in [1.165, 1.54) is 7.11 Å². The van der Waals surface area contributed by atoms with Gasteiger partial charge in [0.15, 0.2) is 18.7 Å². The smallest absolute Gasteiger partial charge is 0.338 e. The third kappa shape index (κ3) is 3.80. The molecular weight excluding hydrogens is 364 g/mol. The predicted molar refractivity (Wildman–Crippen MR) is 97.3 cm³/mol. The normalized spacial score (nSPS) is 32.4. The molecule has 2 aliphatic heterocycles. The van der Waals surface area contributed by atoms with Crippen molar-refractivity contribution in [2.75, 3.05) is 13.7 Å². The summed E-state index contributed by atoms with van der Waals surface area (Å²) >= 11 is 0. The molecule has 7 nitrogen and oxygen atoms in total. The van der Waals surface area contributed by atoms with Gasteiger partial charge >= 0.3 is 5.97 Å². The van der Waals surface area contributed by atoms with Gasteiger partial charge in [-0.05, 0) is 12.1 Å². The molecule has 6 atom stereocenters. The SMILES string of the molecule is CO[C@@H]1O[C@@H]2COC(c3ccccc3)O[C@H]2[C@H](OC(=O)c2ccccc2)[C@H]1O. The summed E-state index contributed by atoms with van der Waals surface area (Å²) in [5.41, 5.74) is 1.22. The third-order valence-electron chi connectivity index (χ3n) is 4.86. The molecule has 0 aromatic heterocycles. The van der Waals surface area contributed by atoms with Gasteiger partial charge in [-0.25, -0.2) is 4.79 Å². The van der Waals surface area contributed by atoms with Crippen LogP contribution in [0.25, 0.3) is 0 Å². The number of carbonyl (C=O) groups excluding carboxylic acids is 1. The number of hydrogen-bond donors (Lipinski definition) is 1. The van der Waals surface area contributed by atoms with Crippen LogP contribution >= 0.6 is 0 Å². The highest BCUT2D eigenvalue weighted by Gasteiger charge is 2.51. The first-order valence-electron chi connectivity index (χ1n) is 9.11. The Hall–Kier alpha value is -2.29. The highest BCUT2D eigenvalue weighted by molar-refractivity contribution is 5.89. The zero-order chi connectivity index (χ0) is 19.5. The number of hydrogen-bond acceptors (Lipinski definition) is 7. The molecule has 1 N–H and O–H groups in total. The number of aliphatic hydroxyl groups excluding tert-OH is 1. The van der Waals surface area contributed by atoms with Crippen LogP contribution < -0.4 is 0 Å². The Morgan fingerprint density at radius 2 is 1.71 bits per heavy atom. The monoisotopic (exact) mass is 386 g/mol. The summed E-state index contributed by atoms with van der Waals surface area (Å²) in [5, 5.41) is 10.7. The van der Waals surface area contributed by atoms with Crippen LogP contribution in [0.2, 0.25) is 0 Å². The summed E-state index contributed by atoms with van der Waals surface area (Å²) < 4.78 is 28.4. The average molecular weight is 386 g/mol. The highest BCUT2D eigenvalue weighted by Crippen LogP contribution is 2.35. The lowest BCUT2D eigenvalue weighted by atomic mass is 9.97. The molecule has 7 heteroatoms. The van der Waals surface area contributed by atoms with E-state index in [9.17, 15) is 9.90 Å². The molecule has 2 aromatic rings. The topological polar surface area (TPSA) is 83.5 Å². The van der Waals surface area contributed by atoms with Gasteiger partial charge in [0.25, 0.3) is 0 Å². The van der Waals surface area contributed by atoms with Crippen molar-refractivity contribution >= 4 is 5.97 Å². The molecule has 28 heavy (non-hydrogen) atoms. The minimum atomic E-state index is -1.20. The van der Waals surface area contributed by atoms with Crippen LogP contribution in [-0.2, 0) is 23.7 Å². The van der Waals surface area contributed by atoms with E-state index in [0.29, 0.717) is 5.56 Å². The molecule has 0 bridgehead atoms. The van der Waals surface area contributed by atoms with E-state index in [0.717, 1.165) is 5.56 Å². The number of esters is 1. The van der Waals surface area contributed by atoms with Crippen LogP contribution in [0.4, 0.5) is 0 Å². The van der Waals surface area contributed by atoms with Gasteiger partial charge in [-0.1, -0.05) is 48.5 Å². The van der Waals surface area contributed by atoms with Gasteiger partial charge in [0.2, 0.25) is 0 Å². The summed E-state index contributed by atoms with van der Waals surface area (Å²) in [6.07, 6.45) is -5.00. The van der Waals surface area contributed by atoms with Crippen LogP contribution in [0, 0.1) is 0 Å². The molecule has 1 unspecified atom stereocenters. The maximum Gasteiger partial charge on any atom is 0.338 e. The van der Waals surface area contributed by atoms with Crippen molar-refractivity contribution in [3.05, 3.63) is 71.8 Å². The van der Waals surface area contributed by atoms with Crippen molar-refractivity contribution in [1.82, 2.24) is 0 Å². The second-order valence-corrected chi connectivity index (χ2v) is 6.68. The first-order valence-corrected chi connectivity index (χ1v) is 9.11. The largest absolute Gasteiger partial charge is 0.453 e. The molecule has 2 heterocycles. The number of ether oxygens (including phenoxy) is 5. The van der Waals surface area contributed by atoms with Gasteiger partial charge in [-0.2, -0.15) is 0 Å². The second-order valence-electron chi connectivity index (χ2n) is 6.68. The Bertz CT molecular complexity index is 782. The fourth-order valence-corrected chi connectivity index (χ4v) is 3.44. The number of aliphatic hydroxyl groups is 1. The number of rotatable bonds is 4. The first-order chi connectivity index (χ1) is 13.7. The standard InChI is InChI=1S/C21H22O7/c1-24-21-16(22)18(27-19(23)13-8-4-2-5-9-13)17-15(26-21)12-25-20(28-17)14-10-6-3-7-11-14/h2-11,15-18,20-22H,12H2,1H3/t15-,16-,17-,18-,20?,21-/m1/s1. The fraction of sp³-hybridized carbons (Fsp3) is 0.381. The maximum atomic E-state index is 12.6. The van der Waals surface area contributed by atoms with Crippen LogP contribution in [0.3, 0.4) is 0 Å². The molecule has 2 fully saturated rings. The Morgan fingerprint density at radius 3 is 2.39 bits per heavy atom. The Morgan fingerprint density at radius 1 is 1.04 bits per heavy atom. The summed E-state index contributed by atoms with van der Waals surface area (Å²) in [5.74, 6) is -0.550. The molecule has 148 valence electrons. The van der Waals surface area contributed by atoms with E-state index < -0.39 is 43.0 Å². The Kier molecular flexibility index (Phi) is 5.70.